The molecule has 0 radical (unpaired) electrons. The number of hydrogen-bond acceptors (Lipinski definition) is 7. The number of ether oxygens (including phenoxy) is 1. The maximum Gasteiger partial charge on any atom is 0.338 e. The van der Waals surface area contributed by atoms with E-state index >= 15 is 0 Å². The molecule has 3 heterocycles. The summed E-state index contributed by atoms with van der Waals surface area (Å²) in [5.41, 5.74) is 3.24. The molecule has 43 heavy (non-hydrogen) atoms. The second kappa shape index (κ2) is 11.8. The summed E-state index contributed by atoms with van der Waals surface area (Å²) >= 11 is 7.41. The number of thiazole rings is 1. The molecule has 3 aromatic carbocycles. The fraction of sp³-hybridized carbons (Fsp3) is 0.118. The number of nitrogens with zero attached hydrogens (tertiary/aromatic N) is 2. The van der Waals surface area contributed by atoms with Crippen LogP contribution in [0.2, 0.25) is 5.02 Å². The number of carbonyl (C=O) groups excluding carboxylic acids is 2. The summed E-state index contributed by atoms with van der Waals surface area (Å²) in [6.45, 7) is 3.43. The molecule has 1 aliphatic heterocycles. The van der Waals surface area contributed by atoms with Gasteiger partial charge in [0.1, 0.15) is 11.5 Å². The summed E-state index contributed by atoms with van der Waals surface area (Å²) in [4.78, 5) is 44.5. The topological polar surface area (TPSA) is 90.9 Å². The number of esters is 1. The maximum atomic E-state index is 14.0. The maximum absolute atomic E-state index is 14.0. The molecule has 0 saturated carbocycles. The normalized spacial score (nSPS) is 14.8. The van der Waals surface area contributed by atoms with E-state index in [9.17, 15) is 14.4 Å². The van der Waals surface area contributed by atoms with Gasteiger partial charge in [0, 0.05) is 27.8 Å². The lowest BCUT2D eigenvalue weighted by molar-refractivity contribution is -0.138. The molecule has 0 saturated heterocycles. The van der Waals surface area contributed by atoms with Gasteiger partial charge in [-0.3, -0.25) is 14.2 Å². The van der Waals surface area contributed by atoms with Crippen molar-refractivity contribution >= 4 is 46.5 Å². The Morgan fingerprint density at radius 2 is 1.70 bits per heavy atom. The van der Waals surface area contributed by atoms with Crippen molar-refractivity contribution < 1.29 is 18.7 Å². The molecule has 0 aliphatic carbocycles. The van der Waals surface area contributed by atoms with E-state index in [0.717, 1.165) is 11.1 Å². The van der Waals surface area contributed by atoms with Crippen LogP contribution in [-0.4, -0.2) is 22.9 Å². The molecule has 5 aromatic rings. The first-order valence-corrected chi connectivity index (χ1v) is 14.8. The minimum absolute atomic E-state index is 0.0134. The Kier molecular flexibility index (Phi) is 7.80. The van der Waals surface area contributed by atoms with Gasteiger partial charge < -0.3 is 9.15 Å². The zero-order chi connectivity index (χ0) is 30.1. The summed E-state index contributed by atoms with van der Waals surface area (Å²) in [6, 6.07) is 26.4. The van der Waals surface area contributed by atoms with E-state index in [2.05, 4.69) is 0 Å². The lowest BCUT2D eigenvalue weighted by Crippen LogP contribution is -2.39. The lowest BCUT2D eigenvalue weighted by Gasteiger charge is -2.25. The largest absolute Gasteiger partial charge is 0.463 e. The molecule has 214 valence electrons. The monoisotopic (exact) mass is 608 g/mol. The quantitative estimate of drug-likeness (QED) is 0.166. The average Bonchev–Trinajstić information content (AvgIpc) is 3.61. The molecule has 2 aromatic heterocycles. The molecule has 7 nitrogen and oxygen atoms in total. The number of carbonyl (C=O) groups is 2. The third-order valence-electron chi connectivity index (χ3n) is 7.04. The Labute approximate surface area is 255 Å². The summed E-state index contributed by atoms with van der Waals surface area (Å²) in [5, 5.41) is 0.533. The van der Waals surface area contributed by atoms with Gasteiger partial charge in [0.25, 0.3) is 5.56 Å². The number of fused-ring (bicyclic) bond motifs is 1. The van der Waals surface area contributed by atoms with Crippen LogP contribution in [0.5, 0.6) is 0 Å². The molecule has 1 atom stereocenters. The number of aromatic nitrogens is 1. The number of ketones is 1. The average molecular weight is 609 g/mol. The van der Waals surface area contributed by atoms with Crippen molar-refractivity contribution in [3.8, 4) is 11.3 Å². The summed E-state index contributed by atoms with van der Waals surface area (Å²) in [6.07, 6.45) is 1.67. The van der Waals surface area contributed by atoms with Gasteiger partial charge in [-0.15, -0.1) is 0 Å². The van der Waals surface area contributed by atoms with Gasteiger partial charge in [0.05, 0.1) is 28.5 Å². The van der Waals surface area contributed by atoms with E-state index in [-0.39, 0.29) is 23.5 Å². The summed E-state index contributed by atoms with van der Waals surface area (Å²) < 4.78 is 13.5. The van der Waals surface area contributed by atoms with Crippen molar-refractivity contribution in [1.82, 2.24) is 4.57 Å². The zero-order valence-electron chi connectivity index (χ0n) is 23.2. The molecule has 9 heteroatoms. The highest BCUT2D eigenvalue weighted by atomic mass is 35.5. The van der Waals surface area contributed by atoms with Crippen molar-refractivity contribution in [1.29, 1.82) is 0 Å². The van der Waals surface area contributed by atoms with Crippen molar-refractivity contribution in [2.24, 2.45) is 4.99 Å². The van der Waals surface area contributed by atoms with Crippen LogP contribution in [-0.2, 0) is 9.53 Å². The Morgan fingerprint density at radius 1 is 0.977 bits per heavy atom. The third kappa shape index (κ3) is 5.55. The van der Waals surface area contributed by atoms with E-state index < -0.39 is 12.0 Å². The Balaban J connectivity index is 1.52. The van der Waals surface area contributed by atoms with Gasteiger partial charge >= 0.3 is 5.97 Å². The highest BCUT2D eigenvalue weighted by molar-refractivity contribution is 7.07. The highest BCUT2D eigenvalue weighted by Crippen LogP contribution is 2.35. The molecule has 0 fully saturated rings. The van der Waals surface area contributed by atoms with Crippen molar-refractivity contribution in [3.63, 3.8) is 0 Å². The van der Waals surface area contributed by atoms with Crippen LogP contribution in [0.3, 0.4) is 0 Å². The van der Waals surface area contributed by atoms with Gasteiger partial charge in [-0.05, 0) is 43.7 Å². The van der Waals surface area contributed by atoms with Gasteiger partial charge in [0.2, 0.25) is 0 Å². The van der Waals surface area contributed by atoms with Crippen molar-refractivity contribution in [2.45, 2.75) is 19.9 Å². The van der Waals surface area contributed by atoms with Crippen LogP contribution in [0.1, 0.15) is 47.1 Å². The standard InChI is InChI=1S/C34H25ClN2O5S/c1-3-41-33(40)29-30(23-7-5-4-6-8-23)36-34-37(31(29)24-13-15-25(35)16-14-24)32(39)28(43-34)19-26-17-18-27(42-26)22-11-9-21(10-12-22)20(2)38/h4-19,31H,3H2,1-2H3/b28-19-/t31-/m1/s1. The second-order valence-electron chi connectivity index (χ2n) is 9.82. The zero-order valence-corrected chi connectivity index (χ0v) is 24.8. The Morgan fingerprint density at radius 3 is 2.37 bits per heavy atom. The minimum Gasteiger partial charge on any atom is -0.463 e. The smallest absolute Gasteiger partial charge is 0.338 e. The number of furan rings is 1. The second-order valence-corrected chi connectivity index (χ2v) is 11.3. The van der Waals surface area contributed by atoms with Crippen LogP contribution >= 0.6 is 22.9 Å². The SMILES string of the molecule is CCOC(=O)C1=C(c2ccccc2)N=c2s/c(=C\c3ccc(-c4ccc(C(C)=O)cc4)o3)c(=O)n2[C@@H]1c1ccc(Cl)cc1. The van der Waals surface area contributed by atoms with E-state index in [4.69, 9.17) is 25.7 Å². The first-order chi connectivity index (χ1) is 20.8. The molecular formula is C34H25ClN2O5S. The first kappa shape index (κ1) is 28.3. The fourth-order valence-electron chi connectivity index (χ4n) is 4.98. The minimum atomic E-state index is -0.795. The van der Waals surface area contributed by atoms with E-state index in [1.807, 2.05) is 48.5 Å². The number of halogens is 1. The number of benzene rings is 3. The molecule has 0 bridgehead atoms. The number of Topliss-reactive ketones (excluding diaryl/α,β-unsaturated/α-hetero) is 1. The fourth-order valence-corrected chi connectivity index (χ4v) is 6.09. The Bertz CT molecular complexity index is 2050. The van der Waals surface area contributed by atoms with Crippen LogP contribution in [0.25, 0.3) is 23.1 Å². The molecule has 0 spiro atoms. The van der Waals surface area contributed by atoms with Crippen LogP contribution in [0.4, 0.5) is 0 Å². The van der Waals surface area contributed by atoms with Gasteiger partial charge in [-0.2, -0.15) is 0 Å². The summed E-state index contributed by atoms with van der Waals surface area (Å²) in [7, 11) is 0. The lowest BCUT2D eigenvalue weighted by atomic mass is 9.93. The van der Waals surface area contributed by atoms with Crippen LogP contribution < -0.4 is 14.9 Å². The molecule has 0 N–H and O–H groups in total. The molecule has 1 aliphatic rings. The molecule has 6 rings (SSSR count). The van der Waals surface area contributed by atoms with Crippen molar-refractivity contribution in [3.05, 3.63) is 144 Å². The highest BCUT2D eigenvalue weighted by Gasteiger charge is 2.35. The molecular weight excluding hydrogens is 584 g/mol. The summed E-state index contributed by atoms with van der Waals surface area (Å²) in [5.74, 6) is 0.516. The first-order valence-electron chi connectivity index (χ1n) is 13.6. The number of hydrogen-bond donors (Lipinski definition) is 0. The number of rotatable bonds is 7. The van der Waals surface area contributed by atoms with Gasteiger partial charge in [-0.1, -0.05) is 89.7 Å². The Hall–Kier alpha value is -4.79. The van der Waals surface area contributed by atoms with Crippen molar-refractivity contribution in [2.75, 3.05) is 6.61 Å². The van der Waals surface area contributed by atoms with E-state index in [0.29, 0.717) is 42.7 Å². The van der Waals surface area contributed by atoms with E-state index in [1.165, 1.54) is 22.8 Å². The van der Waals surface area contributed by atoms with Gasteiger partial charge in [0.15, 0.2) is 10.6 Å². The van der Waals surface area contributed by atoms with Crippen LogP contribution in [0, 0.1) is 0 Å². The van der Waals surface area contributed by atoms with Gasteiger partial charge in [-0.25, -0.2) is 9.79 Å². The van der Waals surface area contributed by atoms with E-state index in [1.54, 1.807) is 55.5 Å². The predicted octanol–water partition coefficient (Wildman–Crippen LogP) is 6.05. The van der Waals surface area contributed by atoms with Crippen LogP contribution in [0.15, 0.2) is 111 Å². The molecule has 0 unspecified atom stereocenters. The molecule has 0 amide bonds. The third-order valence-corrected chi connectivity index (χ3v) is 8.27. The predicted molar refractivity (Wildman–Crippen MR) is 167 cm³/mol.